The second kappa shape index (κ2) is 8.18. The predicted molar refractivity (Wildman–Crippen MR) is 111 cm³/mol. The van der Waals surface area contributed by atoms with Gasteiger partial charge in [0.05, 0.1) is 0 Å². The molecular weight excluding hydrogens is 368 g/mol. The molecule has 7 heteroatoms. The molecule has 0 atom stereocenters. The van der Waals surface area contributed by atoms with Gasteiger partial charge in [0.15, 0.2) is 23.0 Å². The normalized spacial score (nSPS) is 12.5. The highest BCUT2D eigenvalue weighted by Gasteiger charge is 2.14. The highest BCUT2D eigenvalue weighted by atomic mass is 16.6. The summed E-state index contributed by atoms with van der Waals surface area (Å²) in [6.07, 6.45) is 0. The van der Waals surface area contributed by atoms with Gasteiger partial charge < -0.3 is 20.1 Å². The molecule has 0 saturated heterocycles. The Morgan fingerprint density at radius 1 is 0.966 bits per heavy atom. The van der Waals surface area contributed by atoms with E-state index >= 15 is 0 Å². The van der Waals surface area contributed by atoms with Crippen LogP contribution in [0, 0.1) is 0 Å². The van der Waals surface area contributed by atoms with Gasteiger partial charge >= 0.3 is 0 Å². The van der Waals surface area contributed by atoms with E-state index in [9.17, 15) is 4.79 Å². The van der Waals surface area contributed by atoms with Gasteiger partial charge in [-0.05, 0) is 41.8 Å². The highest BCUT2D eigenvalue weighted by Crippen LogP contribution is 2.33. The summed E-state index contributed by atoms with van der Waals surface area (Å²) in [7, 11) is 0. The Labute approximate surface area is 169 Å². The number of hydrogen-bond donors (Lipinski definition) is 2. The number of benzene rings is 2. The van der Waals surface area contributed by atoms with Crippen LogP contribution < -0.4 is 20.1 Å². The van der Waals surface area contributed by atoms with E-state index < -0.39 is 0 Å². The summed E-state index contributed by atoms with van der Waals surface area (Å²) in [5.41, 5.74) is 2.90. The smallest absolute Gasteiger partial charge is 0.276 e. The maximum atomic E-state index is 12.6. The van der Waals surface area contributed by atoms with E-state index in [0.717, 1.165) is 22.7 Å². The molecule has 4 rings (SSSR count). The number of amides is 1. The van der Waals surface area contributed by atoms with Crippen LogP contribution >= 0.6 is 0 Å². The van der Waals surface area contributed by atoms with Gasteiger partial charge in [-0.2, -0.15) is 0 Å². The maximum Gasteiger partial charge on any atom is 0.276 e. The number of nitrogens with zero attached hydrogens (tertiary/aromatic N) is 2. The van der Waals surface area contributed by atoms with E-state index in [1.807, 2.05) is 42.5 Å². The number of para-hydroxylation sites is 1. The lowest BCUT2D eigenvalue weighted by Crippen LogP contribution is -2.16. The summed E-state index contributed by atoms with van der Waals surface area (Å²) >= 11 is 0. The summed E-state index contributed by atoms with van der Waals surface area (Å²) in [5, 5.41) is 14.2. The maximum absolute atomic E-state index is 12.6. The first kappa shape index (κ1) is 18.7. The minimum atomic E-state index is -0.295. The molecule has 1 aromatic heterocycles. The zero-order chi connectivity index (χ0) is 20.2. The number of hydrogen-bond acceptors (Lipinski definition) is 6. The fraction of sp³-hybridized carbons (Fsp3) is 0.227. The molecule has 0 bridgehead atoms. The number of fused-ring (bicyclic) bond motifs is 1. The number of ether oxygens (including phenoxy) is 2. The lowest BCUT2D eigenvalue weighted by atomic mass is 10.0. The van der Waals surface area contributed by atoms with E-state index in [0.29, 0.717) is 30.7 Å². The summed E-state index contributed by atoms with van der Waals surface area (Å²) in [4.78, 5) is 12.6. The van der Waals surface area contributed by atoms with Crippen molar-refractivity contribution in [3.63, 3.8) is 0 Å². The molecule has 0 unspecified atom stereocenters. The Balaban J connectivity index is 1.45. The van der Waals surface area contributed by atoms with Crippen molar-refractivity contribution in [1.29, 1.82) is 0 Å². The third kappa shape index (κ3) is 4.29. The van der Waals surface area contributed by atoms with E-state index in [2.05, 4.69) is 34.7 Å². The van der Waals surface area contributed by atoms with E-state index in [-0.39, 0.29) is 11.6 Å². The molecule has 148 valence electrons. The van der Waals surface area contributed by atoms with Crippen LogP contribution in [0.5, 0.6) is 11.5 Å². The topological polar surface area (TPSA) is 85.4 Å². The Hall–Kier alpha value is -3.61. The molecular formula is C22H22N4O3. The number of aromatic nitrogens is 2. The molecule has 2 heterocycles. The molecule has 0 radical (unpaired) electrons. The number of rotatable bonds is 5. The molecule has 1 aliphatic heterocycles. The molecule has 1 amide bonds. The summed E-state index contributed by atoms with van der Waals surface area (Å²) in [5.74, 6) is 1.95. The third-order valence-corrected chi connectivity index (χ3v) is 4.54. The number of carbonyl (C=O) groups excluding carboxylic acids is 1. The number of carbonyl (C=O) groups is 1. The minimum Gasteiger partial charge on any atom is -0.486 e. The van der Waals surface area contributed by atoms with E-state index in [1.165, 1.54) is 0 Å². The molecule has 1 aliphatic rings. The average Bonchev–Trinajstić information content (AvgIpc) is 2.74. The molecule has 0 aliphatic carbocycles. The van der Waals surface area contributed by atoms with Crippen LogP contribution in [0.1, 0.15) is 35.8 Å². The van der Waals surface area contributed by atoms with Crippen LogP contribution in [-0.2, 0) is 0 Å². The molecule has 0 spiro atoms. The molecule has 0 fully saturated rings. The van der Waals surface area contributed by atoms with Crippen LogP contribution in [0.2, 0.25) is 0 Å². The number of nitrogens with one attached hydrogen (secondary N) is 2. The van der Waals surface area contributed by atoms with Crippen molar-refractivity contribution in [2.45, 2.75) is 19.8 Å². The summed E-state index contributed by atoms with van der Waals surface area (Å²) in [6.45, 7) is 5.25. The van der Waals surface area contributed by atoms with Crippen LogP contribution in [0.25, 0.3) is 0 Å². The molecule has 3 aromatic rings. The molecule has 7 nitrogen and oxygen atoms in total. The van der Waals surface area contributed by atoms with Crippen LogP contribution in [0.15, 0.2) is 54.6 Å². The van der Waals surface area contributed by atoms with Gasteiger partial charge in [0.25, 0.3) is 5.91 Å². The Morgan fingerprint density at radius 2 is 1.76 bits per heavy atom. The third-order valence-electron chi connectivity index (χ3n) is 4.54. The van der Waals surface area contributed by atoms with Gasteiger partial charge in [-0.15, -0.1) is 10.2 Å². The lowest BCUT2D eigenvalue weighted by Gasteiger charge is -2.19. The Bertz CT molecular complexity index is 1020. The van der Waals surface area contributed by atoms with Crippen LogP contribution in [-0.4, -0.2) is 29.3 Å². The van der Waals surface area contributed by atoms with Crippen LogP contribution in [0.3, 0.4) is 0 Å². The quantitative estimate of drug-likeness (QED) is 0.673. The second-order valence-corrected chi connectivity index (χ2v) is 6.98. The Morgan fingerprint density at radius 3 is 2.52 bits per heavy atom. The van der Waals surface area contributed by atoms with Crippen molar-refractivity contribution in [2.24, 2.45) is 0 Å². The van der Waals surface area contributed by atoms with Gasteiger partial charge in [-0.1, -0.05) is 32.0 Å². The van der Waals surface area contributed by atoms with Crippen molar-refractivity contribution in [2.75, 3.05) is 23.8 Å². The summed E-state index contributed by atoms with van der Waals surface area (Å²) in [6, 6.07) is 16.7. The Kier molecular flexibility index (Phi) is 5.29. The van der Waals surface area contributed by atoms with E-state index in [1.54, 1.807) is 12.1 Å². The minimum absolute atomic E-state index is 0.247. The first-order chi connectivity index (χ1) is 14.1. The van der Waals surface area contributed by atoms with Crippen molar-refractivity contribution in [3.8, 4) is 11.5 Å². The predicted octanol–water partition coefficient (Wildman–Crippen LogP) is 4.37. The van der Waals surface area contributed by atoms with E-state index in [4.69, 9.17) is 9.47 Å². The van der Waals surface area contributed by atoms with Crippen molar-refractivity contribution in [1.82, 2.24) is 10.2 Å². The molecule has 2 N–H and O–H groups in total. The number of anilines is 3. The molecule has 0 saturated carbocycles. The second-order valence-electron chi connectivity index (χ2n) is 6.98. The standard InChI is InChI=1S/C22H22N4O3/c1-14(2)16-5-3-4-6-17(16)24-22(27)18-8-10-21(26-25-18)23-15-7-9-19-20(13-15)29-12-11-28-19/h3-10,13-14H,11-12H2,1-2H3,(H,23,26)(H,24,27). The van der Waals surface area contributed by atoms with Gasteiger partial charge in [0.2, 0.25) is 0 Å². The van der Waals surface area contributed by atoms with Gasteiger partial charge in [0.1, 0.15) is 13.2 Å². The first-order valence-electron chi connectivity index (χ1n) is 9.51. The SMILES string of the molecule is CC(C)c1ccccc1NC(=O)c1ccc(Nc2ccc3c(c2)OCCO3)nn1. The van der Waals surface area contributed by atoms with Gasteiger partial charge in [-0.3, -0.25) is 4.79 Å². The zero-order valence-electron chi connectivity index (χ0n) is 16.3. The largest absolute Gasteiger partial charge is 0.486 e. The van der Waals surface area contributed by atoms with Gasteiger partial charge in [0, 0.05) is 17.4 Å². The average molecular weight is 390 g/mol. The van der Waals surface area contributed by atoms with Gasteiger partial charge in [-0.25, -0.2) is 0 Å². The van der Waals surface area contributed by atoms with Crippen molar-refractivity contribution >= 4 is 23.1 Å². The fourth-order valence-electron chi connectivity index (χ4n) is 3.09. The summed E-state index contributed by atoms with van der Waals surface area (Å²) < 4.78 is 11.1. The lowest BCUT2D eigenvalue weighted by molar-refractivity contribution is 0.102. The van der Waals surface area contributed by atoms with Crippen molar-refractivity contribution in [3.05, 3.63) is 65.9 Å². The monoisotopic (exact) mass is 390 g/mol. The molecule has 2 aromatic carbocycles. The zero-order valence-corrected chi connectivity index (χ0v) is 16.3. The molecule has 29 heavy (non-hydrogen) atoms. The van der Waals surface area contributed by atoms with Crippen LogP contribution in [0.4, 0.5) is 17.2 Å². The first-order valence-corrected chi connectivity index (χ1v) is 9.51. The fourth-order valence-corrected chi connectivity index (χ4v) is 3.09. The van der Waals surface area contributed by atoms with Crippen molar-refractivity contribution < 1.29 is 14.3 Å². The highest BCUT2D eigenvalue weighted by molar-refractivity contribution is 6.03.